The summed E-state index contributed by atoms with van der Waals surface area (Å²) in [6.07, 6.45) is 7.88. The Morgan fingerprint density at radius 1 is 1.35 bits per heavy atom. The molecule has 0 aliphatic heterocycles. The molecular weight excluding hydrogens is 250 g/mol. The summed E-state index contributed by atoms with van der Waals surface area (Å²) in [5.74, 6) is 1.02. The lowest BCUT2D eigenvalue weighted by Crippen LogP contribution is -2.56. The maximum Gasteiger partial charge on any atom is 0.219 e. The molecule has 0 unspecified atom stereocenters. The molecule has 0 aromatic rings. The fraction of sp³-hybridized carbons (Fsp3) is 0.938. The second kappa shape index (κ2) is 8.63. The van der Waals surface area contributed by atoms with Crippen molar-refractivity contribution >= 4 is 5.91 Å². The normalized spacial score (nSPS) is 26.8. The number of carbonyl (C=O) groups is 1. The van der Waals surface area contributed by atoms with Crippen LogP contribution in [0.3, 0.4) is 0 Å². The molecule has 0 radical (unpaired) electrons. The quantitative estimate of drug-likeness (QED) is 0.717. The van der Waals surface area contributed by atoms with Gasteiger partial charge in [0.15, 0.2) is 0 Å². The van der Waals surface area contributed by atoms with Gasteiger partial charge in [0.05, 0.1) is 0 Å². The lowest BCUT2D eigenvalue weighted by molar-refractivity contribution is -0.120. The van der Waals surface area contributed by atoms with E-state index in [9.17, 15) is 4.79 Å². The second-order valence-corrected chi connectivity index (χ2v) is 6.14. The van der Waals surface area contributed by atoms with E-state index in [1.54, 1.807) is 7.05 Å². The number of hydrogen-bond acceptors (Lipinski definition) is 3. The number of nitrogens with two attached hydrogens (primary N) is 1. The van der Waals surface area contributed by atoms with E-state index in [-0.39, 0.29) is 11.4 Å². The molecule has 20 heavy (non-hydrogen) atoms. The third kappa shape index (κ3) is 4.45. The smallest absolute Gasteiger partial charge is 0.219 e. The molecule has 118 valence electrons. The van der Waals surface area contributed by atoms with Gasteiger partial charge < -0.3 is 11.1 Å². The average Bonchev–Trinajstić information content (AvgIpc) is 2.51. The third-order valence-corrected chi connectivity index (χ3v) is 5.16. The molecule has 4 heteroatoms. The van der Waals surface area contributed by atoms with Crippen LogP contribution in [0.5, 0.6) is 0 Å². The molecule has 0 aromatic heterocycles. The summed E-state index contributed by atoms with van der Waals surface area (Å²) in [7, 11) is 1.70. The zero-order valence-electron chi connectivity index (χ0n) is 13.6. The van der Waals surface area contributed by atoms with E-state index >= 15 is 0 Å². The molecule has 0 spiro atoms. The highest BCUT2D eigenvalue weighted by atomic mass is 16.1. The zero-order valence-corrected chi connectivity index (χ0v) is 13.6. The van der Waals surface area contributed by atoms with Crippen molar-refractivity contribution in [2.75, 3.05) is 26.7 Å². The van der Waals surface area contributed by atoms with E-state index in [1.807, 2.05) is 0 Å². The van der Waals surface area contributed by atoms with Gasteiger partial charge in [-0.05, 0) is 51.1 Å². The summed E-state index contributed by atoms with van der Waals surface area (Å²) >= 11 is 0. The maximum absolute atomic E-state index is 11.3. The van der Waals surface area contributed by atoms with Crippen molar-refractivity contribution in [3.8, 4) is 0 Å². The molecule has 3 N–H and O–H groups in total. The topological polar surface area (TPSA) is 58.4 Å². The predicted octanol–water partition coefficient (Wildman–Crippen LogP) is 2.13. The summed E-state index contributed by atoms with van der Waals surface area (Å²) in [5.41, 5.74) is 6.32. The molecule has 1 aliphatic rings. The Kier molecular flexibility index (Phi) is 7.52. The van der Waals surface area contributed by atoms with Crippen LogP contribution in [0, 0.1) is 5.92 Å². The Hall–Kier alpha value is -0.610. The van der Waals surface area contributed by atoms with Gasteiger partial charge in [0.25, 0.3) is 0 Å². The van der Waals surface area contributed by atoms with Gasteiger partial charge in [-0.3, -0.25) is 9.69 Å². The van der Waals surface area contributed by atoms with Crippen molar-refractivity contribution in [2.24, 2.45) is 11.7 Å². The van der Waals surface area contributed by atoms with Crippen LogP contribution in [0.15, 0.2) is 0 Å². The number of nitrogens with zero attached hydrogens (tertiary/aromatic N) is 1. The van der Waals surface area contributed by atoms with E-state index in [0.717, 1.165) is 32.0 Å². The van der Waals surface area contributed by atoms with E-state index in [0.29, 0.717) is 6.42 Å². The molecule has 1 fully saturated rings. The fourth-order valence-corrected chi connectivity index (χ4v) is 3.56. The largest absolute Gasteiger partial charge is 0.359 e. The van der Waals surface area contributed by atoms with Gasteiger partial charge in [-0.15, -0.1) is 0 Å². The summed E-state index contributed by atoms with van der Waals surface area (Å²) in [5, 5.41) is 2.69. The van der Waals surface area contributed by atoms with Crippen molar-refractivity contribution in [3.63, 3.8) is 0 Å². The Morgan fingerprint density at radius 3 is 2.45 bits per heavy atom. The minimum Gasteiger partial charge on any atom is -0.359 e. The molecule has 1 rings (SSSR count). The first kappa shape index (κ1) is 17.4. The van der Waals surface area contributed by atoms with Crippen molar-refractivity contribution < 1.29 is 4.79 Å². The van der Waals surface area contributed by atoms with Crippen LogP contribution in [0.25, 0.3) is 0 Å². The standard InChI is InChI=1S/C16H33N3O/c1-4-14-8-10-16(13-17,11-9-14)19(5-2)12-6-7-15(20)18-3/h14H,4-13,17H2,1-3H3,(H,18,20). The average molecular weight is 283 g/mol. The van der Waals surface area contributed by atoms with Crippen LogP contribution in [-0.4, -0.2) is 43.0 Å². The molecule has 0 aromatic carbocycles. The molecule has 0 atom stereocenters. The highest BCUT2D eigenvalue weighted by molar-refractivity contribution is 5.75. The first-order valence-corrected chi connectivity index (χ1v) is 8.27. The zero-order chi connectivity index (χ0) is 15.0. The summed E-state index contributed by atoms with van der Waals surface area (Å²) < 4.78 is 0. The second-order valence-electron chi connectivity index (χ2n) is 6.14. The maximum atomic E-state index is 11.3. The number of rotatable bonds is 8. The van der Waals surface area contributed by atoms with Crippen LogP contribution in [0.1, 0.15) is 58.8 Å². The summed E-state index contributed by atoms with van der Waals surface area (Å²) in [6.45, 7) is 7.27. The van der Waals surface area contributed by atoms with E-state index in [1.165, 1.54) is 32.1 Å². The predicted molar refractivity (Wildman–Crippen MR) is 84.6 cm³/mol. The molecule has 1 aliphatic carbocycles. The van der Waals surface area contributed by atoms with Crippen molar-refractivity contribution in [2.45, 2.75) is 64.3 Å². The summed E-state index contributed by atoms with van der Waals surface area (Å²) in [4.78, 5) is 13.9. The van der Waals surface area contributed by atoms with Gasteiger partial charge in [-0.1, -0.05) is 20.3 Å². The number of carbonyl (C=O) groups excluding carboxylic acids is 1. The lowest BCUT2D eigenvalue weighted by Gasteiger charge is -2.47. The van der Waals surface area contributed by atoms with Gasteiger partial charge in [0, 0.05) is 25.6 Å². The van der Waals surface area contributed by atoms with Gasteiger partial charge in [-0.25, -0.2) is 0 Å². The first-order valence-electron chi connectivity index (χ1n) is 8.27. The Balaban J connectivity index is 2.54. The SMILES string of the molecule is CCC1CCC(CN)(N(CC)CCCC(=O)NC)CC1. The van der Waals surface area contributed by atoms with Crippen molar-refractivity contribution in [1.82, 2.24) is 10.2 Å². The van der Waals surface area contributed by atoms with Gasteiger partial charge >= 0.3 is 0 Å². The van der Waals surface area contributed by atoms with E-state index < -0.39 is 0 Å². The minimum atomic E-state index is 0.137. The molecular formula is C16H33N3O. The van der Waals surface area contributed by atoms with Gasteiger partial charge in [0.2, 0.25) is 5.91 Å². The number of likely N-dealkylation sites (N-methyl/N-ethyl adjacent to an activating group) is 1. The number of amides is 1. The monoisotopic (exact) mass is 283 g/mol. The van der Waals surface area contributed by atoms with Crippen LogP contribution in [0.4, 0.5) is 0 Å². The number of hydrogen-bond donors (Lipinski definition) is 2. The molecule has 0 saturated heterocycles. The molecule has 0 heterocycles. The van der Waals surface area contributed by atoms with E-state index in [2.05, 4.69) is 24.1 Å². The Morgan fingerprint density at radius 2 is 2.00 bits per heavy atom. The molecule has 1 amide bonds. The Bertz CT molecular complexity index is 285. The highest BCUT2D eigenvalue weighted by Crippen LogP contribution is 2.37. The lowest BCUT2D eigenvalue weighted by atomic mass is 9.74. The highest BCUT2D eigenvalue weighted by Gasteiger charge is 2.37. The van der Waals surface area contributed by atoms with Crippen LogP contribution < -0.4 is 11.1 Å². The fourth-order valence-electron chi connectivity index (χ4n) is 3.56. The number of nitrogens with one attached hydrogen (secondary N) is 1. The molecule has 1 saturated carbocycles. The van der Waals surface area contributed by atoms with Gasteiger partial charge in [0.1, 0.15) is 0 Å². The van der Waals surface area contributed by atoms with Crippen LogP contribution in [0.2, 0.25) is 0 Å². The van der Waals surface area contributed by atoms with E-state index in [4.69, 9.17) is 5.73 Å². The molecule has 4 nitrogen and oxygen atoms in total. The van der Waals surface area contributed by atoms with Crippen LogP contribution >= 0.6 is 0 Å². The van der Waals surface area contributed by atoms with Crippen LogP contribution in [-0.2, 0) is 4.79 Å². The summed E-state index contributed by atoms with van der Waals surface area (Å²) in [6, 6.07) is 0. The first-order chi connectivity index (χ1) is 9.61. The third-order valence-electron chi connectivity index (χ3n) is 5.16. The van der Waals surface area contributed by atoms with Crippen molar-refractivity contribution in [1.29, 1.82) is 0 Å². The van der Waals surface area contributed by atoms with Crippen molar-refractivity contribution in [3.05, 3.63) is 0 Å². The Labute approximate surface area is 124 Å². The van der Waals surface area contributed by atoms with Gasteiger partial charge in [-0.2, -0.15) is 0 Å². The molecule has 0 bridgehead atoms. The minimum absolute atomic E-state index is 0.137.